The summed E-state index contributed by atoms with van der Waals surface area (Å²) in [5.41, 5.74) is 7.00. The number of hydrogen-bond donors (Lipinski definition) is 1. The molecule has 0 saturated heterocycles. The molecule has 1 aromatic heterocycles. The number of primary amides is 1. The van der Waals surface area contributed by atoms with Crippen molar-refractivity contribution in [3.05, 3.63) is 65.9 Å². The molecule has 1 saturated carbocycles. The first kappa shape index (κ1) is 17.5. The molecule has 2 N–H and O–H groups in total. The van der Waals surface area contributed by atoms with Crippen LogP contribution in [0.2, 0.25) is 0 Å². The number of rotatable bonds is 6. The molecule has 1 aliphatic rings. The lowest BCUT2D eigenvalue weighted by Gasteiger charge is -2.32. The van der Waals surface area contributed by atoms with Gasteiger partial charge in [-0.2, -0.15) is 0 Å². The summed E-state index contributed by atoms with van der Waals surface area (Å²) in [5.74, 6) is 2.50. The third-order valence-electron chi connectivity index (χ3n) is 5.50. The molecule has 4 nitrogen and oxygen atoms in total. The van der Waals surface area contributed by atoms with E-state index in [4.69, 9.17) is 10.5 Å². The second-order valence-electron chi connectivity index (χ2n) is 7.60. The second kappa shape index (κ2) is 7.39. The fourth-order valence-corrected chi connectivity index (χ4v) is 4.02. The predicted molar refractivity (Wildman–Crippen MR) is 107 cm³/mol. The van der Waals surface area contributed by atoms with E-state index in [0.717, 1.165) is 29.4 Å². The van der Waals surface area contributed by atoms with E-state index < -0.39 is 5.91 Å². The molecule has 0 spiro atoms. The van der Waals surface area contributed by atoms with E-state index in [1.807, 2.05) is 12.1 Å². The Bertz CT molecular complexity index is 960. The van der Waals surface area contributed by atoms with Gasteiger partial charge in [0.25, 0.3) is 0 Å². The molecule has 1 aliphatic carbocycles. The van der Waals surface area contributed by atoms with E-state index in [0.29, 0.717) is 11.4 Å². The van der Waals surface area contributed by atoms with Gasteiger partial charge in [-0.05, 0) is 60.6 Å². The number of pyridine rings is 1. The van der Waals surface area contributed by atoms with Crippen molar-refractivity contribution in [1.29, 1.82) is 0 Å². The molecular formula is C23H24N2O2. The van der Waals surface area contributed by atoms with Crippen LogP contribution in [0.25, 0.3) is 10.8 Å². The Balaban J connectivity index is 1.56. The molecule has 4 rings (SSSR count). The lowest BCUT2D eigenvalue weighted by atomic mass is 9.73. The number of benzene rings is 2. The van der Waals surface area contributed by atoms with Crippen molar-refractivity contribution >= 4 is 16.7 Å². The van der Waals surface area contributed by atoms with Crippen LogP contribution in [-0.2, 0) is 6.42 Å². The van der Waals surface area contributed by atoms with E-state index in [-0.39, 0.29) is 0 Å². The first-order valence-electron chi connectivity index (χ1n) is 9.54. The second-order valence-corrected chi connectivity index (χ2v) is 7.60. The van der Waals surface area contributed by atoms with E-state index in [1.165, 1.54) is 36.4 Å². The molecule has 0 unspecified atom stereocenters. The molecule has 0 atom stereocenters. The van der Waals surface area contributed by atoms with Gasteiger partial charge in [0.15, 0.2) is 0 Å². The quantitative estimate of drug-likeness (QED) is 0.665. The van der Waals surface area contributed by atoms with Crippen molar-refractivity contribution < 1.29 is 9.53 Å². The molecule has 138 valence electrons. The molecule has 0 radical (unpaired) electrons. The van der Waals surface area contributed by atoms with Crippen molar-refractivity contribution in [2.75, 3.05) is 0 Å². The maximum Gasteiger partial charge on any atom is 0.250 e. The highest BCUT2D eigenvalue weighted by molar-refractivity contribution is 5.92. The van der Waals surface area contributed by atoms with Crippen molar-refractivity contribution in [1.82, 2.24) is 4.98 Å². The average molecular weight is 360 g/mol. The number of ether oxygens (including phenoxy) is 1. The van der Waals surface area contributed by atoms with Crippen LogP contribution in [0.5, 0.6) is 11.6 Å². The highest BCUT2D eigenvalue weighted by Gasteiger charge is 2.24. The maximum atomic E-state index is 11.2. The SMILES string of the molecule is CC1CC(CCc2cccc3c(Oc4ccc(C(N)=O)cn4)cccc23)C1. The van der Waals surface area contributed by atoms with Crippen LogP contribution >= 0.6 is 0 Å². The lowest BCUT2D eigenvalue weighted by molar-refractivity contribution is 0.1000. The standard InChI is InChI=1S/C23H24N2O2/c1-15-12-16(13-15)8-9-17-4-2-6-20-19(17)5-3-7-21(20)27-22-11-10-18(14-25-22)23(24)26/h2-7,10-11,14-16H,8-9,12-13H2,1H3,(H2,24,26). The van der Waals surface area contributed by atoms with Crippen molar-refractivity contribution in [2.45, 2.75) is 32.6 Å². The van der Waals surface area contributed by atoms with Gasteiger partial charge in [0.05, 0.1) is 5.56 Å². The maximum absolute atomic E-state index is 11.2. The highest BCUT2D eigenvalue weighted by Crippen LogP contribution is 2.37. The summed E-state index contributed by atoms with van der Waals surface area (Å²) in [5, 5.41) is 2.31. The van der Waals surface area contributed by atoms with Crippen LogP contribution in [0, 0.1) is 11.8 Å². The van der Waals surface area contributed by atoms with Gasteiger partial charge < -0.3 is 10.5 Å². The molecule has 1 fully saturated rings. The zero-order valence-corrected chi connectivity index (χ0v) is 15.5. The van der Waals surface area contributed by atoms with Crippen LogP contribution in [-0.4, -0.2) is 10.9 Å². The third kappa shape index (κ3) is 3.80. The fourth-order valence-electron chi connectivity index (χ4n) is 4.02. The molecule has 2 aromatic carbocycles. The zero-order valence-electron chi connectivity index (χ0n) is 15.5. The number of aromatic nitrogens is 1. The Morgan fingerprint density at radius 3 is 2.59 bits per heavy atom. The van der Waals surface area contributed by atoms with Gasteiger partial charge in [0, 0.05) is 17.6 Å². The number of fused-ring (bicyclic) bond motifs is 1. The number of aryl methyl sites for hydroxylation is 1. The Labute approximate surface area is 159 Å². The summed E-state index contributed by atoms with van der Waals surface area (Å²) < 4.78 is 5.99. The van der Waals surface area contributed by atoms with Gasteiger partial charge in [0.1, 0.15) is 5.75 Å². The molecule has 1 heterocycles. The van der Waals surface area contributed by atoms with Crippen molar-refractivity contribution in [3.8, 4) is 11.6 Å². The molecule has 0 aliphatic heterocycles. The molecule has 4 heteroatoms. The first-order valence-corrected chi connectivity index (χ1v) is 9.54. The summed E-state index contributed by atoms with van der Waals surface area (Å²) in [6.45, 7) is 2.34. The summed E-state index contributed by atoms with van der Waals surface area (Å²) in [4.78, 5) is 15.4. The number of hydrogen-bond acceptors (Lipinski definition) is 3. The number of amides is 1. The number of carbonyl (C=O) groups is 1. The molecular weight excluding hydrogens is 336 g/mol. The first-order chi connectivity index (χ1) is 13.1. The Morgan fingerprint density at radius 1 is 1.11 bits per heavy atom. The van der Waals surface area contributed by atoms with Gasteiger partial charge in [-0.25, -0.2) is 4.98 Å². The van der Waals surface area contributed by atoms with Crippen LogP contribution in [0.15, 0.2) is 54.7 Å². The van der Waals surface area contributed by atoms with Gasteiger partial charge in [-0.1, -0.05) is 37.3 Å². The van der Waals surface area contributed by atoms with E-state index in [1.54, 1.807) is 12.1 Å². The lowest BCUT2D eigenvalue weighted by Crippen LogP contribution is -2.21. The topological polar surface area (TPSA) is 65.2 Å². The van der Waals surface area contributed by atoms with Crippen LogP contribution < -0.4 is 10.5 Å². The summed E-state index contributed by atoms with van der Waals surface area (Å²) in [7, 11) is 0. The van der Waals surface area contributed by atoms with E-state index in [2.05, 4.69) is 36.2 Å². The average Bonchev–Trinajstić information content (AvgIpc) is 2.65. The minimum absolute atomic E-state index is 0.368. The van der Waals surface area contributed by atoms with Gasteiger partial charge in [-0.15, -0.1) is 0 Å². The zero-order chi connectivity index (χ0) is 18.8. The largest absolute Gasteiger partial charge is 0.438 e. The molecule has 1 amide bonds. The number of nitrogens with two attached hydrogens (primary N) is 1. The smallest absolute Gasteiger partial charge is 0.250 e. The van der Waals surface area contributed by atoms with Crippen molar-refractivity contribution in [2.24, 2.45) is 17.6 Å². The Morgan fingerprint density at radius 2 is 1.89 bits per heavy atom. The predicted octanol–water partition coefficient (Wildman–Crippen LogP) is 5.10. The summed E-state index contributed by atoms with van der Waals surface area (Å²) in [6, 6.07) is 15.8. The highest BCUT2D eigenvalue weighted by atomic mass is 16.5. The minimum Gasteiger partial charge on any atom is -0.438 e. The van der Waals surface area contributed by atoms with Gasteiger partial charge >= 0.3 is 0 Å². The molecule has 3 aromatic rings. The van der Waals surface area contributed by atoms with Crippen LogP contribution in [0.3, 0.4) is 0 Å². The van der Waals surface area contributed by atoms with Crippen molar-refractivity contribution in [3.63, 3.8) is 0 Å². The van der Waals surface area contributed by atoms with E-state index >= 15 is 0 Å². The molecule has 27 heavy (non-hydrogen) atoms. The number of nitrogens with zero attached hydrogens (tertiary/aromatic N) is 1. The fraction of sp³-hybridized carbons (Fsp3) is 0.304. The van der Waals surface area contributed by atoms with Gasteiger partial charge in [0.2, 0.25) is 11.8 Å². The Hall–Kier alpha value is -2.88. The van der Waals surface area contributed by atoms with Gasteiger partial charge in [-0.3, -0.25) is 4.79 Å². The minimum atomic E-state index is -0.496. The van der Waals surface area contributed by atoms with Crippen LogP contribution in [0.4, 0.5) is 0 Å². The monoisotopic (exact) mass is 360 g/mol. The summed E-state index contributed by atoms with van der Waals surface area (Å²) in [6.07, 6.45) is 6.53. The molecule has 0 bridgehead atoms. The normalized spacial score (nSPS) is 18.9. The van der Waals surface area contributed by atoms with E-state index in [9.17, 15) is 4.79 Å². The summed E-state index contributed by atoms with van der Waals surface area (Å²) >= 11 is 0. The van der Waals surface area contributed by atoms with Crippen LogP contribution in [0.1, 0.15) is 42.1 Å². The third-order valence-corrected chi connectivity index (χ3v) is 5.50. The Kier molecular flexibility index (Phi) is 4.80. The number of carbonyl (C=O) groups excluding carboxylic acids is 1.